The second kappa shape index (κ2) is 5.92. The van der Waals surface area contributed by atoms with Gasteiger partial charge in [-0.2, -0.15) is 0 Å². The number of hydrogen-bond acceptors (Lipinski definition) is 2. The molecule has 1 amide bonds. The average molecular weight is 279 g/mol. The SMILES string of the molecule is CC1CN(C(=O)CCCc2ccc(F)cc2)CC1(C)O. The van der Waals surface area contributed by atoms with Crippen LogP contribution in [0, 0.1) is 11.7 Å². The van der Waals surface area contributed by atoms with Gasteiger partial charge in [0.25, 0.3) is 0 Å². The van der Waals surface area contributed by atoms with Crippen LogP contribution in [0.25, 0.3) is 0 Å². The highest BCUT2D eigenvalue weighted by Crippen LogP contribution is 2.27. The van der Waals surface area contributed by atoms with Crippen molar-refractivity contribution in [2.24, 2.45) is 5.92 Å². The summed E-state index contributed by atoms with van der Waals surface area (Å²) in [7, 11) is 0. The Morgan fingerprint density at radius 2 is 2.10 bits per heavy atom. The van der Waals surface area contributed by atoms with E-state index in [1.807, 2.05) is 6.92 Å². The van der Waals surface area contributed by atoms with Gasteiger partial charge in [0.05, 0.1) is 5.60 Å². The van der Waals surface area contributed by atoms with Crippen LogP contribution in [-0.4, -0.2) is 34.6 Å². The van der Waals surface area contributed by atoms with Crippen molar-refractivity contribution < 1.29 is 14.3 Å². The van der Waals surface area contributed by atoms with Gasteiger partial charge in [-0.15, -0.1) is 0 Å². The third-order valence-corrected chi connectivity index (χ3v) is 4.19. The Labute approximate surface area is 119 Å². The number of carbonyl (C=O) groups is 1. The van der Waals surface area contributed by atoms with Gasteiger partial charge in [-0.05, 0) is 37.5 Å². The van der Waals surface area contributed by atoms with Gasteiger partial charge in [0.15, 0.2) is 0 Å². The first-order valence-electron chi connectivity index (χ1n) is 7.13. The van der Waals surface area contributed by atoms with Crippen molar-refractivity contribution in [3.63, 3.8) is 0 Å². The fourth-order valence-corrected chi connectivity index (χ4v) is 2.58. The van der Waals surface area contributed by atoms with Crippen LogP contribution in [0.1, 0.15) is 32.3 Å². The average Bonchev–Trinajstić information content (AvgIpc) is 2.66. The molecule has 0 aliphatic carbocycles. The maximum atomic E-state index is 12.8. The minimum Gasteiger partial charge on any atom is -0.388 e. The Kier molecular flexibility index (Phi) is 4.43. The molecular formula is C16H22FNO2. The first kappa shape index (κ1) is 15.0. The molecule has 1 aromatic rings. The van der Waals surface area contributed by atoms with E-state index in [9.17, 15) is 14.3 Å². The van der Waals surface area contributed by atoms with Crippen molar-refractivity contribution in [2.75, 3.05) is 13.1 Å². The van der Waals surface area contributed by atoms with E-state index in [2.05, 4.69) is 0 Å². The second-order valence-corrected chi connectivity index (χ2v) is 6.01. The number of nitrogens with zero attached hydrogens (tertiary/aromatic N) is 1. The zero-order valence-electron chi connectivity index (χ0n) is 12.1. The van der Waals surface area contributed by atoms with Crippen LogP contribution in [-0.2, 0) is 11.2 Å². The highest BCUT2D eigenvalue weighted by molar-refractivity contribution is 5.76. The van der Waals surface area contributed by atoms with Crippen molar-refractivity contribution in [2.45, 2.75) is 38.7 Å². The zero-order valence-corrected chi connectivity index (χ0v) is 12.1. The number of halogens is 1. The molecule has 2 atom stereocenters. The molecule has 1 aliphatic heterocycles. The number of aryl methyl sites for hydroxylation is 1. The maximum Gasteiger partial charge on any atom is 0.222 e. The number of β-amino-alcohol motifs (C(OH)–C–C–N with tert-alkyl or cyclic N) is 1. The summed E-state index contributed by atoms with van der Waals surface area (Å²) in [6, 6.07) is 6.39. The third kappa shape index (κ3) is 3.57. The van der Waals surface area contributed by atoms with Crippen LogP contribution in [0.5, 0.6) is 0 Å². The number of hydrogen-bond donors (Lipinski definition) is 1. The summed E-state index contributed by atoms with van der Waals surface area (Å²) in [5, 5.41) is 10.1. The van der Waals surface area contributed by atoms with Gasteiger partial charge in [-0.1, -0.05) is 19.1 Å². The molecule has 110 valence electrons. The molecule has 1 N–H and O–H groups in total. The Bertz CT molecular complexity index is 470. The van der Waals surface area contributed by atoms with Gasteiger partial charge in [0, 0.05) is 25.4 Å². The molecule has 0 saturated carbocycles. The lowest BCUT2D eigenvalue weighted by atomic mass is 9.95. The summed E-state index contributed by atoms with van der Waals surface area (Å²) in [4.78, 5) is 13.8. The topological polar surface area (TPSA) is 40.5 Å². The van der Waals surface area contributed by atoms with Crippen molar-refractivity contribution in [3.8, 4) is 0 Å². The van der Waals surface area contributed by atoms with E-state index in [1.165, 1.54) is 12.1 Å². The highest BCUT2D eigenvalue weighted by Gasteiger charge is 2.40. The van der Waals surface area contributed by atoms with Gasteiger partial charge in [0.2, 0.25) is 5.91 Å². The van der Waals surface area contributed by atoms with Crippen molar-refractivity contribution in [1.29, 1.82) is 0 Å². The normalized spacial score (nSPS) is 26.0. The Morgan fingerprint density at radius 1 is 1.45 bits per heavy atom. The Hall–Kier alpha value is -1.42. The first-order valence-corrected chi connectivity index (χ1v) is 7.13. The lowest BCUT2D eigenvalue weighted by molar-refractivity contribution is -0.131. The summed E-state index contributed by atoms with van der Waals surface area (Å²) in [6.07, 6.45) is 1.99. The number of rotatable bonds is 4. The quantitative estimate of drug-likeness (QED) is 0.919. The number of amides is 1. The van der Waals surface area contributed by atoms with E-state index < -0.39 is 5.60 Å². The Balaban J connectivity index is 1.77. The van der Waals surface area contributed by atoms with Crippen molar-refractivity contribution >= 4 is 5.91 Å². The predicted octanol–water partition coefficient (Wildman–Crippen LogP) is 2.38. The minimum absolute atomic E-state index is 0.0942. The van der Waals surface area contributed by atoms with Gasteiger partial charge >= 0.3 is 0 Å². The predicted molar refractivity (Wildman–Crippen MR) is 75.7 cm³/mol. The van der Waals surface area contributed by atoms with Gasteiger partial charge < -0.3 is 10.0 Å². The van der Waals surface area contributed by atoms with E-state index in [1.54, 1.807) is 24.0 Å². The fraction of sp³-hybridized carbons (Fsp3) is 0.562. The fourth-order valence-electron chi connectivity index (χ4n) is 2.58. The van der Waals surface area contributed by atoms with E-state index in [0.717, 1.165) is 18.4 Å². The minimum atomic E-state index is -0.771. The largest absolute Gasteiger partial charge is 0.388 e. The van der Waals surface area contributed by atoms with Crippen LogP contribution in [0.3, 0.4) is 0 Å². The molecule has 0 aromatic heterocycles. The molecule has 2 rings (SSSR count). The molecule has 4 heteroatoms. The monoisotopic (exact) mass is 279 g/mol. The van der Waals surface area contributed by atoms with Crippen LogP contribution < -0.4 is 0 Å². The molecule has 2 unspecified atom stereocenters. The number of carbonyl (C=O) groups excluding carboxylic acids is 1. The van der Waals surface area contributed by atoms with Gasteiger partial charge in [-0.25, -0.2) is 4.39 Å². The highest BCUT2D eigenvalue weighted by atomic mass is 19.1. The maximum absolute atomic E-state index is 12.8. The lowest BCUT2D eigenvalue weighted by Gasteiger charge is -2.20. The van der Waals surface area contributed by atoms with Gasteiger partial charge in [0.1, 0.15) is 5.82 Å². The third-order valence-electron chi connectivity index (χ3n) is 4.19. The smallest absolute Gasteiger partial charge is 0.222 e. The lowest BCUT2D eigenvalue weighted by Crippen LogP contribution is -2.35. The van der Waals surface area contributed by atoms with E-state index >= 15 is 0 Å². The van der Waals surface area contributed by atoms with E-state index in [4.69, 9.17) is 0 Å². The zero-order chi connectivity index (χ0) is 14.8. The molecule has 0 radical (unpaired) electrons. The summed E-state index contributed by atoms with van der Waals surface area (Å²) in [5.74, 6) is -0.0293. The molecule has 1 heterocycles. The van der Waals surface area contributed by atoms with Crippen molar-refractivity contribution in [3.05, 3.63) is 35.6 Å². The summed E-state index contributed by atoms with van der Waals surface area (Å²) < 4.78 is 12.8. The summed E-state index contributed by atoms with van der Waals surface area (Å²) >= 11 is 0. The van der Waals surface area contributed by atoms with Crippen LogP contribution >= 0.6 is 0 Å². The number of benzene rings is 1. The first-order chi connectivity index (χ1) is 9.38. The summed E-state index contributed by atoms with van der Waals surface area (Å²) in [5.41, 5.74) is 0.271. The van der Waals surface area contributed by atoms with E-state index in [0.29, 0.717) is 19.5 Å². The van der Waals surface area contributed by atoms with Crippen LogP contribution in [0.2, 0.25) is 0 Å². The molecule has 1 aromatic carbocycles. The molecule has 1 aliphatic rings. The standard InChI is InChI=1S/C16H22FNO2/c1-12-10-18(11-16(12,2)20)15(19)5-3-4-13-6-8-14(17)9-7-13/h6-9,12,20H,3-5,10-11H2,1-2H3. The molecular weight excluding hydrogens is 257 g/mol. The van der Waals surface area contributed by atoms with Crippen molar-refractivity contribution in [1.82, 2.24) is 4.90 Å². The van der Waals surface area contributed by atoms with Crippen LogP contribution in [0.15, 0.2) is 24.3 Å². The van der Waals surface area contributed by atoms with E-state index in [-0.39, 0.29) is 17.6 Å². The molecule has 1 fully saturated rings. The molecule has 0 spiro atoms. The second-order valence-electron chi connectivity index (χ2n) is 6.01. The molecule has 1 saturated heterocycles. The number of likely N-dealkylation sites (tertiary alicyclic amines) is 1. The summed E-state index contributed by atoms with van der Waals surface area (Å²) in [6.45, 7) is 4.79. The molecule has 0 bridgehead atoms. The molecule has 20 heavy (non-hydrogen) atoms. The Morgan fingerprint density at radius 3 is 2.65 bits per heavy atom. The molecule has 3 nitrogen and oxygen atoms in total. The van der Waals surface area contributed by atoms with Gasteiger partial charge in [-0.3, -0.25) is 4.79 Å². The number of aliphatic hydroxyl groups is 1. The van der Waals surface area contributed by atoms with Crippen LogP contribution in [0.4, 0.5) is 4.39 Å².